The molecule has 33 heavy (non-hydrogen) atoms. The second kappa shape index (κ2) is 11.4. The number of hydrogen-bond donors (Lipinski definition) is 1. The summed E-state index contributed by atoms with van der Waals surface area (Å²) in [5, 5.41) is 8.88. The third kappa shape index (κ3) is 7.03. The van der Waals surface area contributed by atoms with E-state index in [4.69, 9.17) is 9.84 Å². The average Bonchev–Trinajstić information content (AvgIpc) is 3.12. The molecule has 1 N–H and O–H groups in total. The predicted octanol–water partition coefficient (Wildman–Crippen LogP) is 5.78. The Kier molecular flexibility index (Phi) is 8.40. The van der Waals surface area contributed by atoms with Crippen LogP contribution in [0.25, 0.3) is 11.4 Å². The number of para-hydroxylation sites is 1. The number of carbonyl (C=O) groups is 1. The van der Waals surface area contributed by atoms with Gasteiger partial charge in [0.25, 0.3) is 0 Å². The molecular weight excluding hydrogens is 430 g/mol. The third-order valence-electron chi connectivity index (χ3n) is 5.32. The van der Waals surface area contributed by atoms with Gasteiger partial charge in [-0.1, -0.05) is 25.1 Å². The molecule has 6 nitrogen and oxygen atoms in total. The third-order valence-corrected chi connectivity index (χ3v) is 5.32. The van der Waals surface area contributed by atoms with Crippen molar-refractivity contribution in [2.75, 3.05) is 6.61 Å². The lowest BCUT2D eigenvalue weighted by molar-refractivity contribution is -0.138. The molecule has 176 valence electrons. The van der Waals surface area contributed by atoms with Crippen molar-refractivity contribution in [2.24, 2.45) is 5.92 Å². The summed E-state index contributed by atoms with van der Waals surface area (Å²) in [6, 6.07) is 14.2. The van der Waals surface area contributed by atoms with E-state index in [1.807, 2.05) is 42.7 Å². The first kappa shape index (κ1) is 24.2. The molecule has 1 aromatic heterocycles. The van der Waals surface area contributed by atoms with Crippen LogP contribution in [-0.4, -0.2) is 33.8 Å². The Morgan fingerprint density at radius 1 is 1.15 bits per heavy atom. The Morgan fingerprint density at radius 3 is 2.58 bits per heavy atom. The minimum atomic E-state index is -2.86. The molecule has 0 aliphatic heterocycles. The van der Waals surface area contributed by atoms with Crippen molar-refractivity contribution in [1.29, 1.82) is 0 Å². The molecule has 0 saturated carbocycles. The SMILES string of the molecule is Cc1cnc(-c2ccc(OC(F)F)cc2)n1Cc1ccccc1OCCCC(C)CC(=O)O. The molecule has 0 radical (unpaired) electrons. The number of aliphatic carboxylic acids is 1. The van der Waals surface area contributed by atoms with Crippen LogP contribution in [0.1, 0.15) is 37.4 Å². The average molecular weight is 459 g/mol. The Labute approximate surface area is 191 Å². The zero-order valence-electron chi connectivity index (χ0n) is 18.7. The number of imidazole rings is 1. The van der Waals surface area contributed by atoms with Crippen LogP contribution < -0.4 is 9.47 Å². The van der Waals surface area contributed by atoms with Crippen molar-refractivity contribution < 1.29 is 28.2 Å². The molecule has 3 rings (SSSR count). The van der Waals surface area contributed by atoms with Crippen LogP contribution in [0.3, 0.4) is 0 Å². The van der Waals surface area contributed by atoms with Gasteiger partial charge in [0, 0.05) is 29.4 Å². The van der Waals surface area contributed by atoms with Crippen LogP contribution in [-0.2, 0) is 11.3 Å². The van der Waals surface area contributed by atoms with E-state index in [0.717, 1.165) is 35.4 Å². The first-order chi connectivity index (χ1) is 15.8. The first-order valence-electron chi connectivity index (χ1n) is 10.8. The van der Waals surface area contributed by atoms with E-state index in [1.165, 1.54) is 12.1 Å². The number of rotatable bonds is 12. The zero-order valence-corrected chi connectivity index (χ0v) is 18.7. The Bertz CT molecular complexity index is 1050. The monoisotopic (exact) mass is 458 g/mol. The molecule has 0 amide bonds. The van der Waals surface area contributed by atoms with E-state index in [2.05, 4.69) is 9.72 Å². The molecule has 0 aliphatic rings. The molecule has 1 atom stereocenters. The molecule has 0 fully saturated rings. The number of hydrogen-bond acceptors (Lipinski definition) is 4. The van der Waals surface area contributed by atoms with E-state index < -0.39 is 12.6 Å². The predicted molar refractivity (Wildman–Crippen MR) is 121 cm³/mol. The zero-order chi connectivity index (χ0) is 23.8. The van der Waals surface area contributed by atoms with E-state index in [9.17, 15) is 13.6 Å². The number of carboxylic acid groups (broad SMARTS) is 1. The van der Waals surface area contributed by atoms with Gasteiger partial charge in [0.1, 0.15) is 17.3 Å². The van der Waals surface area contributed by atoms with Crippen LogP contribution in [0.4, 0.5) is 8.78 Å². The smallest absolute Gasteiger partial charge is 0.387 e. The fraction of sp³-hybridized carbons (Fsp3) is 0.360. The highest BCUT2D eigenvalue weighted by molar-refractivity contribution is 5.66. The topological polar surface area (TPSA) is 73.6 Å². The van der Waals surface area contributed by atoms with Gasteiger partial charge in [0.2, 0.25) is 0 Å². The Balaban J connectivity index is 1.69. The van der Waals surface area contributed by atoms with E-state index >= 15 is 0 Å². The highest BCUT2D eigenvalue weighted by atomic mass is 19.3. The number of aryl methyl sites for hydroxylation is 1. The summed E-state index contributed by atoms with van der Waals surface area (Å²) >= 11 is 0. The molecule has 0 bridgehead atoms. The van der Waals surface area contributed by atoms with Gasteiger partial charge in [0.05, 0.1) is 13.2 Å². The Morgan fingerprint density at radius 2 is 1.88 bits per heavy atom. The van der Waals surface area contributed by atoms with Gasteiger partial charge in [-0.15, -0.1) is 0 Å². The van der Waals surface area contributed by atoms with E-state index in [-0.39, 0.29) is 18.1 Å². The summed E-state index contributed by atoms with van der Waals surface area (Å²) in [5.41, 5.74) is 2.72. The van der Waals surface area contributed by atoms with Gasteiger partial charge < -0.3 is 19.1 Å². The highest BCUT2D eigenvalue weighted by Gasteiger charge is 2.14. The summed E-state index contributed by atoms with van der Waals surface area (Å²) < 4.78 is 37.3. The lowest BCUT2D eigenvalue weighted by Gasteiger charge is -2.15. The van der Waals surface area contributed by atoms with Crippen LogP contribution >= 0.6 is 0 Å². The normalized spacial score (nSPS) is 12.0. The standard InChI is InChI=1S/C25H28F2N2O4/c1-17(14-23(30)31)6-5-13-32-22-8-4-3-7-20(22)16-29-18(2)15-28-24(29)19-9-11-21(12-10-19)33-25(26)27/h3-4,7-12,15,17,25H,5-6,13-14,16H2,1-2H3,(H,30,31). The maximum atomic E-state index is 12.4. The van der Waals surface area contributed by atoms with Crippen LogP contribution in [0.15, 0.2) is 54.7 Å². The van der Waals surface area contributed by atoms with E-state index in [1.54, 1.807) is 18.3 Å². The second-order valence-electron chi connectivity index (χ2n) is 8.01. The van der Waals surface area contributed by atoms with Crippen molar-refractivity contribution in [3.8, 4) is 22.9 Å². The lowest BCUT2D eigenvalue weighted by Crippen LogP contribution is -2.09. The minimum absolute atomic E-state index is 0.0972. The summed E-state index contributed by atoms with van der Waals surface area (Å²) in [4.78, 5) is 15.3. The maximum absolute atomic E-state index is 12.4. The van der Waals surface area contributed by atoms with Crippen molar-refractivity contribution in [3.63, 3.8) is 0 Å². The fourth-order valence-corrected chi connectivity index (χ4v) is 3.64. The van der Waals surface area contributed by atoms with Gasteiger partial charge in [-0.3, -0.25) is 4.79 Å². The second-order valence-corrected chi connectivity index (χ2v) is 8.01. The molecule has 0 saturated heterocycles. The molecule has 8 heteroatoms. The van der Waals surface area contributed by atoms with Gasteiger partial charge in [-0.2, -0.15) is 8.78 Å². The minimum Gasteiger partial charge on any atom is -0.493 e. The Hall–Kier alpha value is -3.42. The molecular formula is C25H28F2N2O4. The quantitative estimate of drug-likeness (QED) is 0.349. The summed E-state index contributed by atoms with van der Waals surface area (Å²) in [6.07, 6.45) is 3.48. The van der Waals surface area contributed by atoms with Gasteiger partial charge >= 0.3 is 12.6 Å². The highest BCUT2D eigenvalue weighted by Crippen LogP contribution is 2.27. The number of benzene rings is 2. The number of aromatic nitrogens is 2. The molecule has 2 aromatic carbocycles. The lowest BCUT2D eigenvalue weighted by atomic mass is 10.0. The van der Waals surface area contributed by atoms with Crippen LogP contribution in [0.5, 0.6) is 11.5 Å². The van der Waals surface area contributed by atoms with Gasteiger partial charge in [-0.05, 0) is 56.0 Å². The fourth-order valence-electron chi connectivity index (χ4n) is 3.64. The molecule has 0 aliphatic carbocycles. The maximum Gasteiger partial charge on any atom is 0.387 e. The number of nitrogens with zero attached hydrogens (tertiary/aromatic N) is 2. The number of carboxylic acids is 1. The molecule has 3 aromatic rings. The number of alkyl halides is 2. The number of ether oxygens (including phenoxy) is 2. The van der Waals surface area contributed by atoms with Gasteiger partial charge in [0.15, 0.2) is 0 Å². The first-order valence-corrected chi connectivity index (χ1v) is 10.8. The van der Waals surface area contributed by atoms with Crippen LogP contribution in [0.2, 0.25) is 0 Å². The number of halogens is 2. The van der Waals surface area contributed by atoms with E-state index in [0.29, 0.717) is 19.0 Å². The summed E-state index contributed by atoms with van der Waals surface area (Å²) in [7, 11) is 0. The molecule has 0 spiro atoms. The van der Waals surface area contributed by atoms with Crippen LogP contribution in [0, 0.1) is 12.8 Å². The molecule has 1 heterocycles. The summed E-state index contributed by atoms with van der Waals surface area (Å²) in [5.74, 6) is 0.906. The van der Waals surface area contributed by atoms with Crippen molar-refractivity contribution >= 4 is 5.97 Å². The molecule has 1 unspecified atom stereocenters. The van der Waals surface area contributed by atoms with Gasteiger partial charge in [-0.25, -0.2) is 4.98 Å². The largest absolute Gasteiger partial charge is 0.493 e. The summed E-state index contributed by atoms with van der Waals surface area (Å²) in [6.45, 7) is 2.05. The van der Waals surface area contributed by atoms with Crippen molar-refractivity contribution in [3.05, 3.63) is 66.0 Å². The van der Waals surface area contributed by atoms with Crippen molar-refractivity contribution in [2.45, 2.75) is 46.3 Å². The van der Waals surface area contributed by atoms with Crippen molar-refractivity contribution in [1.82, 2.24) is 9.55 Å².